The molecule has 0 spiro atoms. The van der Waals surface area contributed by atoms with Crippen LogP contribution in [-0.2, 0) is 0 Å². The first-order chi connectivity index (χ1) is 8.87. The number of aliphatic hydroxyl groups excluding tert-OH is 1. The zero-order chi connectivity index (χ0) is 14.5. The van der Waals surface area contributed by atoms with E-state index in [0.29, 0.717) is 17.8 Å². The molecule has 0 fully saturated rings. The van der Waals surface area contributed by atoms with Crippen LogP contribution in [0.25, 0.3) is 0 Å². The Hall–Kier alpha value is -1.34. The van der Waals surface area contributed by atoms with E-state index in [2.05, 4.69) is 4.98 Å². The number of nitrogens with two attached hydrogens (primary N) is 1. The SMILES string of the molecule is CC[C@@H](N)c1ccc(N(CCO)CC(F)(F)F)cn1. The van der Waals surface area contributed by atoms with Gasteiger partial charge in [-0.25, -0.2) is 0 Å². The lowest BCUT2D eigenvalue weighted by atomic mass is 10.1. The van der Waals surface area contributed by atoms with E-state index in [0.717, 1.165) is 4.90 Å². The first kappa shape index (κ1) is 15.7. The molecule has 3 N–H and O–H groups in total. The number of hydrogen-bond acceptors (Lipinski definition) is 4. The third kappa shape index (κ3) is 5.04. The Bertz CT molecular complexity index is 381. The summed E-state index contributed by atoms with van der Waals surface area (Å²) < 4.78 is 37.2. The van der Waals surface area contributed by atoms with Gasteiger partial charge >= 0.3 is 6.18 Å². The first-order valence-corrected chi connectivity index (χ1v) is 6.01. The highest BCUT2D eigenvalue weighted by Gasteiger charge is 2.30. The van der Waals surface area contributed by atoms with Crippen molar-refractivity contribution in [3.63, 3.8) is 0 Å². The predicted molar refractivity (Wildman–Crippen MR) is 66.8 cm³/mol. The van der Waals surface area contributed by atoms with Crippen LogP contribution in [0.1, 0.15) is 25.1 Å². The molecule has 0 unspecified atom stereocenters. The zero-order valence-electron chi connectivity index (χ0n) is 10.7. The van der Waals surface area contributed by atoms with E-state index in [-0.39, 0.29) is 19.2 Å². The fourth-order valence-electron chi connectivity index (χ4n) is 1.65. The van der Waals surface area contributed by atoms with Crippen molar-refractivity contribution in [3.8, 4) is 0 Å². The van der Waals surface area contributed by atoms with Gasteiger partial charge in [-0.15, -0.1) is 0 Å². The minimum absolute atomic E-state index is 0.0969. The summed E-state index contributed by atoms with van der Waals surface area (Å²) in [6.07, 6.45) is -2.27. The topological polar surface area (TPSA) is 62.4 Å². The van der Waals surface area contributed by atoms with Crippen LogP contribution in [0.2, 0.25) is 0 Å². The number of anilines is 1. The normalized spacial score (nSPS) is 13.4. The van der Waals surface area contributed by atoms with Gasteiger partial charge in [0.05, 0.1) is 24.2 Å². The Morgan fingerprint density at radius 1 is 1.42 bits per heavy atom. The number of alkyl halides is 3. The maximum Gasteiger partial charge on any atom is 0.405 e. The summed E-state index contributed by atoms with van der Waals surface area (Å²) in [6.45, 7) is 0.336. The lowest BCUT2D eigenvalue weighted by Crippen LogP contribution is -2.36. The van der Waals surface area contributed by atoms with Gasteiger partial charge in [0.1, 0.15) is 6.54 Å². The average molecular weight is 277 g/mol. The highest BCUT2D eigenvalue weighted by molar-refractivity contribution is 5.45. The number of pyridine rings is 1. The summed E-state index contributed by atoms with van der Waals surface area (Å²) in [6, 6.07) is 2.94. The van der Waals surface area contributed by atoms with Crippen LogP contribution in [0.5, 0.6) is 0 Å². The van der Waals surface area contributed by atoms with Crippen molar-refractivity contribution < 1.29 is 18.3 Å². The average Bonchev–Trinajstić information content (AvgIpc) is 2.36. The molecular weight excluding hydrogens is 259 g/mol. The molecule has 0 saturated heterocycles. The van der Waals surface area contributed by atoms with Gasteiger partial charge in [-0.3, -0.25) is 4.98 Å². The van der Waals surface area contributed by atoms with Gasteiger partial charge < -0.3 is 15.7 Å². The number of rotatable bonds is 6. The molecule has 19 heavy (non-hydrogen) atoms. The van der Waals surface area contributed by atoms with Gasteiger partial charge in [-0.1, -0.05) is 6.92 Å². The number of halogens is 3. The summed E-state index contributed by atoms with van der Waals surface area (Å²) in [5.41, 5.74) is 6.74. The van der Waals surface area contributed by atoms with Crippen LogP contribution in [0.4, 0.5) is 18.9 Å². The molecule has 0 radical (unpaired) electrons. The van der Waals surface area contributed by atoms with Gasteiger partial charge in [-0.2, -0.15) is 13.2 Å². The summed E-state index contributed by atoms with van der Waals surface area (Å²) in [4.78, 5) is 5.10. The molecule has 0 saturated carbocycles. The minimum atomic E-state index is -4.33. The Kier molecular flexibility index (Phi) is 5.56. The van der Waals surface area contributed by atoms with Crippen molar-refractivity contribution in [2.75, 3.05) is 24.6 Å². The monoisotopic (exact) mass is 277 g/mol. The number of aromatic nitrogens is 1. The number of hydrogen-bond donors (Lipinski definition) is 2. The zero-order valence-corrected chi connectivity index (χ0v) is 10.7. The van der Waals surface area contributed by atoms with E-state index < -0.39 is 12.7 Å². The fourth-order valence-corrected chi connectivity index (χ4v) is 1.65. The van der Waals surface area contributed by atoms with E-state index >= 15 is 0 Å². The summed E-state index contributed by atoms with van der Waals surface area (Å²) in [7, 11) is 0. The van der Waals surface area contributed by atoms with Crippen molar-refractivity contribution in [1.29, 1.82) is 0 Å². The highest BCUT2D eigenvalue weighted by Crippen LogP contribution is 2.22. The van der Waals surface area contributed by atoms with Crippen LogP contribution in [0.3, 0.4) is 0 Å². The lowest BCUT2D eigenvalue weighted by molar-refractivity contribution is -0.119. The lowest BCUT2D eigenvalue weighted by Gasteiger charge is -2.25. The third-order valence-electron chi connectivity index (χ3n) is 2.70. The standard InChI is InChI=1S/C12H18F3N3O/c1-2-10(16)11-4-3-9(7-17-11)18(5-6-19)8-12(13,14)15/h3-4,7,10,19H,2,5-6,8,16H2,1H3/t10-/m1/s1. The molecule has 0 amide bonds. The molecule has 7 heteroatoms. The molecule has 1 rings (SSSR count). The summed E-state index contributed by atoms with van der Waals surface area (Å²) >= 11 is 0. The Morgan fingerprint density at radius 2 is 2.11 bits per heavy atom. The van der Waals surface area contributed by atoms with Crippen molar-refractivity contribution in [3.05, 3.63) is 24.0 Å². The molecule has 0 aromatic carbocycles. The third-order valence-corrected chi connectivity index (χ3v) is 2.70. The van der Waals surface area contributed by atoms with Crippen molar-refractivity contribution in [2.24, 2.45) is 5.73 Å². The summed E-state index contributed by atoms with van der Waals surface area (Å²) in [5.74, 6) is 0. The molecule has 4 nitrogen and oxygen atoms in total. The maximum atomic E-state index is 12.4. The Morgan fingerprint density at radius 3 is 2.53 bits per heavy atom. The molecule has 1 atom stereocenters. The van der Waals surface area contributed by atoms with Gasteiger partial charge in [0.15, 0.2) is 0 Å². The van der Waals surface area contributed by atoms with Crippen molar-refractivity contribution in [1.82, 2.24) is 4.98 Å². The highest BCUT2D eigenvalue weighted by atomic mass is 19.4. The van der Waals surface area contributed by atoms with E-state index in [1.54, 1.807) is 12.1 Å². The molecule has 1 aromatic rings. The van der Waals surface area contributed by atoms with Crippen molar-refractivity contribution in [2.45, 2.75) is 25.6 Å². The number of aliphatic hydroxyl groups is 1. The van der Waals surface area contributed by atoms with Gasteiger partial charge in [0.25, 0.3) is 0 Å². The van der Waals surface area contributed by atoms with Crippen LogP contribution >= 0.6 is 0 Å². The molecular formula is C12H18F3N3O. The van der Waals surface area contributed by atoms with Gasteiger partial charge in [0, 0.05) is 12.6 Å². The largest absolute Gasteiger partial charge is 0.405 e. The van der Waals surface area contributed by atoms with Gasteiger partial charge in [-0.05, 0) is 18.6 Å². The molecule has 0 aliphatic rings. The van der Waals surface area contributed by atoms with Crippen LogP contribution in [0.15, 0.2) is 18.3 Å². The molecule has 1 aromatic heterocycles. The molecule has 1 heterocycles. The quantitative estimate of drug-likeness (QED) is 0.833. The van der Waals surface area contributed by atoms with E-state index in [1.165, 1.54) is 6.20 Å². The molecule has 0 aliphatic heterocycles. The fraction of sp³-hybridized carbons (Fsp3) is 0.583. The predicted octanol–water partition coefficient (Wildman–Crippen LogP) is 1.85. The molecule has 0 bridgehead atoms. The van der Waals surface area contributed by atoms with Crippen molar-refractivity contribution >= 4 is 5.69 Å². The summed E-state index contributed by atoms with van der Waals surface area (Å²) in [5, 5.41) is 8.83. The smallest absolute Gasteiger partial charge is 0.395 e. The van der Waals surface area contributed by atoms with E-state index in [4.69, 9.17) is 10.8 Å². The van der Waals surface area contributed by atoms with Gasteiger partial charge in [0.2, 0.25) is 0 Å². The van der Waals surface area contributed by atoms with Crippen LogP contribution in [-0.4, -0.2) is 36.0 Å². The minimum Gasteiger partial charge on any atom is -0.395 e. The molecule has 108 valence electrons. The second-order valence-electron chi connectivity index (χ2n) is 4.22. The molecule has 0 aliphatic carbocycles. The van der Waals surface area contributed by atoms with Crippen LogP contribution in [0, 0.1) is 0 Å². The second-order valence-corrected chi connectivity index (χ2v) is 4.22. The van der Waals surface area contributed by atoms with Crippen LogP contribution < -0.4 is 10.6 Å². The maximum absolute atomic E-state index is 12.4. The van der Waals surface area contributed by atoms with E-state index in [1.807, 2.05) is 6.92 Å². The van der Waals surface area contributed by atoms with E-state index in [9.17, 15) is 13.2 Å². The second kappa shape index (κ2) is 6.72. The number of nitrogens with zero attached hydrogens (tertiary/aromatic N) is 2. The Labute approximate surface area is 110 Å². The first-order valence-electron chi connectivity index (χ1n) is 6.01. The Balaban J connectivity index is 2.85.